The minimum Gasteiger partial charge on any atom is -0.495 e. The Bertz CT molecular complexity index is 706. The molecule has 2 rings (SSSR count). The number of nitrogens with zero attached hydrogens (tertiary/aromatic N) is 2. The molecule has 0 fully saturated rings. The lowest BCUT2D eigenvalue weighted by molar-refractivity contribution is -0.384. The van der Waals surface area contributed by atoms with Gasteiger partial charge in [-0.05, 0) is 18.2 Å². The number of pyridine rings is 1. The molecular weight excluding hydrogens is 298 g/mol. The molecule has 21 heavy (non-hydrogen) atoms. The molecule has 1 aromatic heterocycles. The molecule has 1 heterocycles. The number of hydrogen-bond acceptors (Lipinski definition) is 5. The summed E-state index contributed by atoms with van der Waals surface area (Å²) in [6.45, 7) is 0. The minimum atomic E-state index is -0.563. The van der Waals surface area contributed by atoms with E-state index in [0.29, 0.717) is 5.75 Å². The Labute approximate surface area is 124 Å². The Hall–Kier alpha value is -2.67. The molecule has 0 spiro atoms. The number of anilines is 1. The zero-order valence-corrected chi connectivity index (χ0v) is 11.6. The van der Waals surface area contributed by atoms with Crippen molar-refractivity contribution in [3.63, 3.8) is 0 Å². The van der Waals surface area contributed by atoms with Crippen LogP contribution in [-0.2, 0) is 0 Å². The van der Waals surface area contributed by atoms with Crippen LogP contribution in [0, 0.1) is 10.1 Å². The standard InChI is InChI=1S/C13H10ClN3O4/c1-21-11-6-5-8(17(19)20)7-10(11)16-13(18)9-3-2-4-12(14)15-9/h2-7H,1H3,(H,16,18). The van der Waals surface area contributed by atoms with Gasteiger partial charge in [-0.1, -0.05) is 17.7 Å². The third-order valence-corrected chi connectivity index (χ3v) is 2.80. The SMILES string of the molecule is COc1ccc([N+](=O)[O-])cc1NC(=O)c1cccc(Cl)n1. The number of nitrogens with one attached hydrogen (secondary N) is 1. The summed E-state index contributed by atoms with van der Waals surface area (Å²) in [5, 5.41) is 13.5. The maximum absolute atomic E-state index is 12.1. The summed E-state index contributed by atoms with van der Waals surface area (Å²) in [5.74, 6) is -0.243. The van der Waals surface area contributed by atoms with Gasteiger partial charge in [0.2, 0.25) is 0 Å². The smallest absolute Gasteiger partial charge is 0.274 e. The summed E-state index contributed by atoms with van der Waals surface area (Å²) in [4.78, 5) is 26.1. The number of benzene rings is 1. The van der Waals surface area contributed by atoms with E-state index in [1.54, 1.807) is 6.07 Å². The van der Waals surface area contributed by atoms with Crippen molar-refractivity contribution in [2.75, 3.05) is 12.4 Å². The Morgan fingerprint density at radius 3 is 2.76 bits per heavy atom. The lowest BCUT2D eigenvalue weighted by Crippen LogP contribution is -2.14. The zero-order valence-electron chi connectivity index (χ0n) is 10.9. The molecule has 0 aliphatic carbocycles. The van der Waals surface area contributed by atoms with Crippen molar-refractivity contribution in [3.8, 4) is 5.75 Å². The van der Waals surface area contributed by atoms with Crippen LogP contribution in [0.25, 0.3) is 0 Å². The van der Waals surface area contributed by atoms with Crippen LogP contribution in [0.15, 0.2) is 36.4 Å². The fourth-order valence-corrected chi connectivity index (χ4v) is 1.79. The number of carbonyl (C=O) groups excluding carboxylic acids is 1. The molecule has 2 aromatic rings. The molecule has 0 saturated carbocycles. The van der Waals surface area contributed by atoms with Crippen molar-refractivity contribution >= 4 is 28.9 Å². The summed E-state index contributed by atoms with van der Waals surface area (Å²) in [7, 11) is 1.40. The van der Waals surface area contributed by atoms with Gasteiger partial charge in [0.1, 0.15) is 16.6 Å². The Morgan fingerprint density at radius 1 is 1.38 bits per heavy atom. The first-order valence-electron chi connectivity index (χ1n) is 5.77. The largest absolute Gasteiger partial charge is 0.495 e. The lowest BCUT2D eigenvalue weighted by atomic mass is 10.2. The highest BCUT2D eigenvalue weighted by molar-refractivity contribution is 6.29. The predicted octanol–water partition coefficient (Wildman–Crippen LogP) is 2.90. The monoisotopic (exact) mass is 307 g/mol. The van der Waals surface area contributed by atoms with Crippen LogP contribution in [0.3, 0.4) is 0 Å². The van der Waals surface area contributed by atoms with Gasteiger partial charge in [-0.25, -0.2) is 4.98 Å². The van der Waals surface area contributed by atoms with E-state index in [0.717, 1.165) is 0 Å². The third kappa shape index (κ3) is 3.46. The topological polar surface area (TPSA) is 94.4 Å². The molecule has 0 atom stereocenters. The van der Waals surface area contributed by atoms with E-state index in [1.807, 2.05) is 0 Å². The third-order valence-electron chi connectivity index (χ3n) is 2.59. The van der Waals surface area contributed by atoms with Crippen LogP contribution in [0.5, 0.6) is 5.75 Å². The molecular formula is C13H10ClN3O4. The fourth-order valence-electron chi connectivity index (χ4n) is 1.63. The normalized spacial score (nSPS) is 10.0. The van der Waals surface area contributed by atoms with Gasteiger partial charge in [0.15, 0.2) is 0 Å². The number of nitro benzene ring substituents is 1. The predicted molar refractivity (Wildman–Crippen MR) is 76.8 cm³/mol. The number of aromatic nitrogens is 1. The van der Waals surface area contributed by atoms with Gasteiger partial charge in [0.05, 0.1) is 17.7 Å². The Morgan fingerprint density at radius 2 is 2.14 bits per heavy atom. The van der Waals surface area contributed by atoms with Gasteiger partial charge in [-0.3, -0.25) is 14.9 Å². The molecule has 1 aromatic carbocycles. The van der Waals surface area contributed by atoms with Crippen LogP contribution < -0.4 is 10.1 Å². The number of amides is 1. The number of ether oxygens (including phenoxy) is 1. The number of methoxy groups -OCH3 is 1. The van der Waals surface area contributed by atoms with Gasteiger partial charge in [0.25, 0.3) is 11.6 Å². The van der Waals surface area contributed by atoms with E-state index in [1.165, 1.54) is 37.4 Å². The summed E-state index contributed by atoms with van der Waals surface area (Å²) >= 11 is 5.71. The van der Waals surface area contributed by atoms with E-state index in [4.69, 9.17) is 16.3 Å². The molecule has 8 heteroatoms. The van der Waals surface area contributed by atoms with Crippen molar-refractivity contribution in [1.82, 2.24) is 4.98 Å². The highest BCUT2D eigenvalue weighted by atomic mass is 35.5. The number of hydrogen-bond donors (Lipinski definition) is 1. The number of carbonyl (C=O) groups is 1. The van der Waals surface area contributed by atoms with Crippen LogP contribution >= 0.6 is 11.6 Å². The van der Waals surface area contributed by atoms with Crippen LogP contribution in [-0.4, -0.2) is 22.9 Å². The minimum absolute atomic E-state index is 0.0936. The second-order valence-electron chi connectivity index (χ2n) is 3.94. The summed E-state index contributed by atoms with van der Waals surface area (Å²) in [6, 6.07) is 8.48. The molecule has 7 nitrogen and oxygen atoms in total. The first kappa shape index (κ1) is 14.7. The molecule has 0 unspecified atom stereocenters. The molecule has 0 bridgehead atoms. The van der Waals surface area contributed by atoms with Crippen LogP contribution in [0.2, 0.25) is 5.15 Å². The van der Waals surface area contributed by atoms with Crippen molar-refractivity contribution in [1.29, 1.82) is 0 Å². The second-order valence-corrected chi connectivity index (χ2v) is 4.33. The summed E-state index contributed by atoms with van der Waals surface area (Å²) in [6.07, 6.45) is 0. The van der Waals surface area contributed by atoms with Gasteiger partial charge in [-0.2, -0.15) is 0 Å². The molecule has 1 amide bonds. The van der Waals surface area contributed by atoms with E-state index in [2.05, 4.69) is 10.3 Å². The molecule has 0 aliphatic rings. The number of nitro groups is 1. The second kappa shape index (κ2) is 6.19. The van der Waals surface area contributed by atoms with Crippen molar-refractivity contribution < 1.29 is 14.5 Å². The number of non-ortho nitro benzene ring substituents is 1. The van der Waals surface area contributed by atoms with Gasteiger partial charge < -0.3 is 10.1 Å². The first-order chi connectivity index (χ1) is 10.0. The van der Waals surface area contributed by atoms with E-state index >= 15 is 0 Å². The lowest BCUT2D eigenvalue weighted by Gasteiger charge is -2.09. The maximum atomic E-state index is 12.1. The maximum Gasteiger partial charge on any atom is 0.274 e. The van der Waals surface area contributed by atoms with E-state index < -0.39 is 10.8 Å². The Balaban J connectivity index is 2.31. The van der Waals surface area contributed by atoms with Gasteiger partial charge in [-0.15, -0.1) is 0 Å². The highest BCUT2D eigenvalue weighted by Crippen LogP contribution is 2.29. The first-order valence-corrected chi connectivity index (χ1v) is 6.15. The average Bonchev–Trinajstić information content (AvgIpc) is 2.47. The van der Waals surface area contributed by atoms with Crippen LogP contribution in [0.1, 0.15) is 10.5 Å². The number of rotatable bonds is 4. The zero-order chi connectivity index (χ0) is 15.4. The summed E-state index contributed by atoms with van der Waals surface area (Å²) < 4.78 is 5.06. The molecule has 0 radical (unpaired) electrons. The van der Waals surface area contributed by atoms with Gasteiger partial charge in [0, 0.05) is 12.1 Å². The average molecular weight is 308 g/mol. The van der Waals surface area contributed by atoms with Crippen molar-refractivity contribution in [3.05, 3.63) is 57.4 Å². The van der Waals surface area contributed by atoms with E-state index in [9.17, 15) is 14.9 Å². The molecule has 0 saturated heterocycles. The molecule has 1 N–H and O–H groups in total. The van der Waals surface area contributed by atoms with Crippen LogP contribution in [0.4, 0.5) is 11.4 Å². The van der Waals surface area contributed by atoms with E-state index in [-0.39, 0.29) is 22.2 Å². The molecule has 0 aliphatic heterocycles. The van der Waals surface area contributed by atoms with Crippen molar-refractivity contribution in [2.45, 2.75) is 0 Å². The highest BCUT2D eigenvalue weighted by Gasteiger charge is 2.15. The molecule has 108 valence electrons. The fraction of sp³-hybridized carbons (Fsp3) is 0.0769. The Kier molecular flexibility index (Phi) is 4.34. The number of halogens is 1. The van der Waals surface area contributed by atoms with Crippen molar-refractivity contribution in [2.24, 2.45) is 0 Å². The summed E-state index contributed by atoms with van der Waals surface area (Å²) in [5.41, 5.74) is 0.111. The quantitative estimate of drug-likeness (QED) is 0.532. The van der Waals surface area contributed by atoms with Gasteiger partial charge >= 0.3 is 0 Å².